The Labute approximate surface area is 181 Å². The average Bonchev–Trinajstić information content (AvgIpc) is 3.35. The molecule has 31 heavy (non-hydrogen) atoms. The Morgan fingerprint density at radius 2 is 1.94 bits per heavy atom. The summed E-state index contributed by atoms with van der Waals surface area (Å²) in [6.07, 6.45) is 6.73. The number of hydrogen-bond acceptors (Lipinski definition) is 5. The van der Waals surface area contributed by atoms with Gasteiger partial charge in [-0.25, -0.2) is 0 Å². The minimum absolute atomic E-state index is 0.0723. The van der Waals surface area contributed by atoms with Gasteiger partial charge in [-0.15, -0.1) is 0 Å². The number of hydrogen-bond donors (Lipinski definition) is 0. The molecule has 1 atom stereocenters. The van der Waals surface area contributed by atoms with E-state index < -0.39 is 6.10 Å². The molecule has 7 nitrogen and oxygen atoms in total. The van der Waals surface area contributed by atoms with Crippen molar-refractivity contribution in [2.24, 2.45) is 0 Å². The van der Waals surface area contributed by atoms with E-state index in [0.717, 1.165) is 25.7 Å². The van der Waals surface area contributed by atoms with Crippen LogP contribution in [0.4, 0.5) is 5.69 Å². The number of carbonyl (C=O) groups is 3. The second kappa shape index (κ2) is 8.96. The van der Waals surface area contributed by atoms with Crippen molar-refractivity contribution in [1.29, 1.82) is 0 Å². The Balaban J connectivity index is 1.62. The number of carbonyl (C=O) groups excluding carboxylic acids is 3. The van der Waals surface area contributed by atoms with Gasteiger partial charge in [-0.05, 0) is 49.6 Å². The quantitative estimate of drug-likeness (QED) is 0.659. The van der Waals surface area contributed by atoms with E-state index in [2.05, 4.69) is 0 Å². The van der Waals surface area contributed by atoms with Gasteiger partial charge in [0.25, 0.3) is 5.91 Å². The fourth-order valence-electron chi connectivity index (χ4n) is 4.36. The molecule has 2 amide bonds. The second-order valence-electron chi connectivity index (χ2n) is 8.22. The number of amides is 2. The first-order chi connectivity index (χ1) is 15.0. The van der Waals surface area contributed by atoms with Crippen LogP contribution in [-0.4, -0.2) is 48.2 Å². The van der Waals surface area contributed by atoms with Crippen LogP contribution in [-0.2, 0) is 9.59 Å². The van der Waals surface area contributed by atoms with Crippen LogP contribution in [0.2, 0.25) is 0 Å². The number of nitrogens with zero attached hydrogens (tertiary/aromatic N) is 2. The molecule has 1 aliphatic heterocycles. The van der Waals surface area contributed by atoms with E-state index in [-0.39, 0.29) is 35.9 Å². The third-order valence-electron chi connectivity index (χ3n) is 6.25. The third kappa shape index (κ3) is 4.22. The van der Waals surface area contributed by atoms with Gasteiger partial charge in [0.2, 0.25) is 11.7 Å². The smallest absolute Gasteiger partial charge is 0.268 e. The average molecular weight is 424 g/mol. The Morgan fingerprint density at radius 1 is 1.16 bits per heavy atom. The zero-order chi connectivity index (χ0) is 22.0. The summed E-state index contributed by atoms with van der Waals surface area (Å²) in [6, 6.07) is 8.40. The molecule has 7 heteroatoms. The zero-order valence-corrected chi connectivity index (χ0v) is 18.0. The summed E-state index contributed by atoms with van der Waals surface area (Å²) in [5.41, 5.74) is 0.815. The lowest BCUT2D eigenvalue weighted by atomic mass is 9.94. The van der Waals surface area contributed by atoms with Crippen LogP contribution < -0.4 is 9.64 Å². The van der Waals surface area contributed by atoms with Crippen LogP contribution in [0, 0.1) is 0 Å². The van der Waals surface area contributed by atoms with Gasteiger partial charge in [0.1, 0.15) is 12.3 Å². The molecule has 1 saturated carbocycles. The van der Waals surface area contributed by atoms with E-state index in [0.29, 0.717) is 23.4 Å². The standard InChI is InChI=1S/C24H28N2O5/c1-3-19-24(29)26(15-22(27)25(2)17-8-5-4-6-9-17)18-14-16(11-12-20(18)31-19)23(28)21-10-7-13-30-21/h7,10-14,17,19H,3-6,8-9,15H2,1-2H3/t19-/m1/s1. The maximum atomic E-state index is 13.1. The van der Waals surface area contributed by atoms with E-state index in [1.807, 2.05) is 14.0 Å². The minimum Gasteiger partial charge on any atom is -0.478 e. The van der Waals surface area contributed by atoms with E-state index in [1.165, 1.54) is 17.6 Å². The zero-order valence-electron chi connectivity index (χ0n) is 18.0. The SMILES string of the molecule is CC[C@H]1Oc2ccc(C(=O)c3ccco3)cc2N(CC(=O)N(C)C2CCCCC2)C1=O. The molecular weight excluding hydrogens is 396 g/mol. The van der Waals surface area contributed by atoms with Crippen LogP contribution >= 0.6 is 0 Å². The number of ketones is 1. The van der Waals surface area contributed by atoms with Crippen LogP contribution in [0.25, 0.3) is 0 Å². The predicted octanol–water partition coefficient (Wildman–Crippen LogP) is 3.81. The number of furan rings is 1. The molecule has 1 aliphatic carbocycles. The summed E-state index contributed by atoms with van der Waals surface area (Å²) in [5, 5.41) is 0. The Hall–Kier alpha value is -3.09. The van der Waals surface area contributed by atoms with Crippen molar-refractivity contribution in [1.82, 2.24) is 4.90 Å². The Morgan fingerprint density at radius 3 is 2.61 bits per heavy atom. The third-order valence-corrected chi connectivity index (χ3v) is 6.25. The highest BCUT2D eigenvalue weighted by atomic mass is 16.5. The molecule has 0 N–H and O–H groups in total. The molecule has 0 unspecified atom stereocenters. The number of fused-ring (bicyclic) bond motifs is 1. The molecule has 2 aromatic rings. The van der Waals surface area contributed by atoms with Crippen molar-refractivity contribution in [3.63, 3.8) is 0 Å². The van der Waals surface area contributed by atoms with Gasteiger partial charge in [0.05, 0.1) is 12.0 Å². The molecule has 0 bridgehead atoms. The van der Waals surface area contributed by atoms with Gasteiger partial charge in [0, 0.05) is 18.7 Å². The normalized spacial score (nSPS) is 19.0. The highest BCUT2D eigenvalue weighted by molar-refractivity contribution is 6.10. The summed E-state index contributed by atoms with van der Waals surface area (Å²) >= 11 is 0. The summed E-state index contributed by atoms with van der Waals surface area (Å²) in [4.78, 5) is 42.1. The van der Waals surface area contributed by atoms with Crippen LogP contribution in [0.5, 0.6) is 5.75 Å². The molecule has 1 fully saturated rings. The van der Waals surface area contributed by atoms with Crippen LogP contribution in [0.15, 0.2) is 41.0 Å². The number of likely N-dealkylation sites (N-methyl/N-ethyl adjacent to an activating group) is 1. The predicted molar refractivity (Wildman–Crippen MR) is 115 cm³/mol. The van der Waals surface area contributed by atoms with Gasteiger partial charge < -0.3 is 14.1 Å². The summed E-state index contributed by atoms with van der Waals surface area (Å²) in [6.45, 7) is 1.80. The van der Waals surface area contributed by atoms with Crippen molar-refractivity contribution in [3.05, 3.63) is 47.9 Å². The highest BCUT2D eigenvalue weighted by Crippen LogP contribution is 2.36. The fraction of sp³-hybridized carbons (Fsp3) is 0.458. The van der Waals surface area contributed by atoms with Gasteiger partial charge in [-0.3, -0.25) is 19.3 Å². The lowest BCUT2D eigenvalue weighted by Gasteiger charge is -2.36. The van der Waals surface area contributed by atoms with E-state index in [4.69, 9.17) is 9.15 Å². The van der Waals surface area contributed by atoms with Gasteiger partial charge in [0.15, 0.2) is 11.9 Å². The Kier molecular flexibility index (Phi) is 6.11. The number of rotatable bonds is 6. The van der Waals surface area contributed by atoms with Gasteiger partial charge >= 0.3 is 0 Å². The second-order valence-corrected chi connectivity index (χ2v) is 8.22. The topological polar surface area (TPSA) is 80.1 Å². The summed E-state index contributed by atoms with van der Waals surface area (Å²) in [7, 11) is 1.82. The molecule has 0 radical (unpaired) electrons. The van der Waals surface area contributed by atoms with Gasteiger partial charge in [-0.1, -0.05) is 26.2 Å². The van der Waals surface area contributed by atoms with E-state index >= 15 is 0 Å². The highest BCUT2D eigenvalue weighted by Gasteiger charge is 2.36. The lowest BCUT2D eigenvalue weighted by molar-refractivity contribution is -0.134. The van der Waals surface area contributed by atoms with E-state index in [1.54, 1.807) is 35.2 Å². The Bertz CT molecular complexity index is 962. The molecule has 1 aromatic heterocycles. The maximum absolute atomic E-state index is 13.1. The molecule has 0 saturated heterocycles. The first-order valence-electron chi connectivity index (χ1n) is 11.0. The van der Waals surface area contributed by atoms with Crippen molar-refractivity contribution in [2.75, 3.05) is 18.5 Å². The van der Waals surface area contributed by atoms with E-state index in [9.17, 15) is 14.4 Å². The molecule has 164 valence electrons. The van der Waals surface area contributed by atoms with Crippen molar-refractivity contribution >= 4 is 23.3 Å². The molecule has 2 heterocycles. The van der Waals surface area contributed by atoms with Crippen molar-refractivity contribution < 1.29 is 23.5 Å². The molecule has 1 aromatic carbocycles. The monoisotopic (exact) mass is 424 g/mol. The summed E-state index contributed by atoms with van der Waals surface area (Å²) in [5.74, 6) is 0.0573. The first-order valence-corrected chi connectivity index (χ1v) is 11.0. The molecule has 0 spiro atoms. The van der Waals surface area contributed by atoms with Crippen LogP contribution in [0.1, 0.15) is 61.6 Å². The van der Waals surface area contributed by atoms with Crippen LogP contribution in [0.3, 0.4) is 0 Å². The van der Waals surface area contributed by atoms with Crippen molar-refractivity contribution in [3.8, 4) is 5.75 Å². The number of benzene rings is 1. The minimum atomic E-state index is -0.646. The molecular formula is C24H28N2O5. The molecule has 4 rings (SSSR count). The largest absolute Gasteiger partial charge is 0.478 e. The van der Waals surface area contributed by atoms with Crippen molar-refractivity contribution in [2.45, 2.75) is 57.6 Å². The lowest BCUT2D eigenvalue weighted by Crippen LogP contribution is -2.51. The number of anilines is 1. The first kappa shape index (κ1) is 21.2. The fourth-order valence-corrected chi connectivity index (χ4v) is 4.36. The number of ether oxygens (including phenoxy) is 1. The molecule has 2 aliphatic rings. The maximum Gasteiger partial charge on any atom is 0.268 e. The summed E-state index contributed by atoms with van der Waals surface area (Å²) < 4.78 is 11.1. The van der Waals surface area contributed by atoms with Gasteiger partial charge in [-0.2, -0.15) is 0 Å².